The Bertz CT molecular complexity index is 264. The van der Waals surface area contributed by atoms with Gasteiger partial charge in [0.1, 0.15) is 0 Å². The van der Waals surface area contributed by atoms with Crippen molar-refractivity contribution in [2.75, 3.05) is 6.26 Å². The van der Waals surface area contributed by atoms with Gasteiger partial charge in [0, 0.05) is 6.20 Å². The Morgan fingerprint density at radius 3 is 3.18 bits per heavy atom. The summed E-state index contributed by atoms with van der Waals surface area (Å²) in [4.78, 5) is 7.97. The normalized spacial score (nSPS) is 10.6. The fraction of sp³-hybridized carbons (Fsp3) is 0.167. The lowest BCUT2D eigenvalue weighted by Crippen LogP contribution is -1.91. The first kappa shape index (κ1) is 8.00. The standard InChI is InChI=1S/C6H7N3OS/c1-11-6-7-3-2-5(9-6)4-8-10/h2-4,10H,1H3/b8-4+. The smallest absolute Gasteiger partial charge is 0.187 e. The van der Waals surface area contributed by atoms with Crippen molar-refractivity contribution in [3.05, 3.63) is 18.0 Å². The van der Waals surface area contributed by atoms with Crippen molar-refractivity contribution >= 4 is 18.0 Å². The van der Waals surface area contributed by atoms with Crippen LogP contribution in [0.2, 0.25) is 0 Å². The van der Waals surface area contributed by atoms with Crippen LogP contribution in [-0.2, 0) is 0 Å². The van der Waals surface area contributed by atoms with E-state index >= 15 is 0 Å². The maximum atomic E-state index is 8.19. The highest BCUT2D eigenvalue weighted by Gasteiger charge is 1.93. The molecule has 0 fully saturated rings. The Labute approximate surface area is 68.4 Å². The van der Waals surface area contributed by atoms with Gasteiger partial charge in [-0.2, -0.15) is 0 Å². The largest absolute Gasteiger partial charge is 0.411 e. The minimum atomic E-state index is 0.604. The molecule has 5 heteroatoms. The monoisotopic (exact) mass is 169 g/mol. The predicted octanol–water partition coefficient (Wildman–Crippen LogP) is 1.01. The summed E-state index contributed by atoms with van der Waals surface area (Å²) in [5.41, 5.74) is 0.604. The predicted molar refractivity (Wildman–Crippen MR) is 43.2 cm³/mol. The third-order valence-corrected chi connectivity index (χ3v) is 1.59. The molecule has 0 aromatic carbocycles. The van der Waals surface area contributed by atoms with Gasteiger partial charge in [-0.1, -0.05) is 16.9 Å². The second kappa shape index (κ2) is 3.92. The van der Waals surface area contributed by atoms with Crippen molar-refractivity contribution in [2.24, 2.45) is 5.16 Å². The van der Waals surface area contributed by atoms with E-state index in [1.54, 1.807) is 12.3 Å². The van der Waals surface area contributed by atoms with Gasteiger partial charge in [0.25, 0.3) is 0 Å². The number of aromatic nitrogens is 2. The van der Waals surface area contributed by atoms with Gasteiger partial charge < -0.3 is 5.21 Å². The molecule has 0 amide bonds. The maximum Gasteiger partial charge on any atom is 0.187 e. The molecule has 4 nitrogen and oxygen atoms in total. The van der Waals surface area contributed by atoms with Gasteiger partial charge >= 0.3 is 0 Å². The molecular weight excluding hydrogens is 162 g/mol. The molecule has 0 aliphatic rings. The summed E-state index contributed by atoms with van der Waals surface area (Å²) >= 11 is 1.44. The highest BCUT2D eigenvalue weighted by molar-refractivity contribution is 7.98. The molecule has 11 heavy (non-hydrogen) atoms. The molecular formula is C6H7N3OS. The third-order valence-electron chi connectivity index (χ3n) is 1.03. The lowest BCUT2D eigenvalue weighted by Gasteiger charge is -1.93. The topological polar surface area (TPSA) is 58.4 Å². The van der Waals surface area contributed by atoms with Crippen LogP contribution in [0.25, 0.3) is 0 Å². The summed E-state index contributed by atoms with van der Waals surface area (Å²) < 4.78 is 0. The Kier molecular flexibility index (Phi) is 2.85. The van der Waals surface area contributed by atoms with Gasteiger partial charge in [-0.05, 0) is 12.3 Å². The van der Waals surface area contributed by atoms with Gasteiger partial charge in [0.15, 0.2) is 5.16 Å². The zero-order chi connectivity index (χ0) is 8.10. The van der Waals surface area contributed by atoms with E-state index in [4.69, 9.17) is 5.21 Å². The summed E-state index contributed by atoms with van der Waals surface area (Å²) in [6.07, 6.45) is 4.77. The van der Waals surface area contributed by atoms with Crippen LogP contribution in [0.5, 0.6) is 0 Å². The molecule has 0 saturated heterocycles. The van der Waals surface area contributed by atoms with Gasteiger partial charge in [0.05, 0.1) is 11.9 Å². The molecule has 0 atom stereocenters. The Morgan fingerprint density at radius 2 is 2.55 bits per heavy atom. The highest BCUT2D eigenvalue weighted by atomic mass is 32.2. The first-order chi connectivity index (χ1) is 5.36. The zero-order valence-electron chi connectivity index (χ0n) is 5.93. The summed E-state index contributed by atoms with van der Waals surface area (Å²) in [6, 6.07) is 1.67. The lowest BCUT2D eigenvalue weighted by atomic mass is 10.4. The van der Waals surface area contributed by atoms with E-state index in [1.807, 2.05) is 6.26 Å². The van der Waals surface area contributed by atoms with Crippen LogP contribution in [0.1, 0.15) is 5.69 Å². The summed E-state index contributed by atoms with van der Waals surface area (Å²) in [5, 5.41) is 11.7. The molecule has 1 rings (SSSR count). The quantitative estimate of drug-likeness (QED) is 0.236. The number of nitrogens with zero attached hydrogens (tertiary/aromatic N) is 3. The maximum absolute atomic E-state index is 8.19. The van der Waals surface area contributed by atoms with Crippen molar-refractivity contribution < 1.29 is 5.21 Å². The van der Waals surface area contributed by atoms with Crippen molar-refractivity contribution in [2.45, 2.75) is 5.16 Å². The summed E-state index contributed by atoms with van der Waals surface area (Å²) in [5.74, 6) is 0. The highest BCUT2D eigenvalue weighted by Crippen LogP contribution is 2.05. The second-order valence-corrected chi connectivity index (χ2v) is 2.49. The fourth-order valence-electron chi connectivity index (χ4n) is 0.583. The number of hydrogen-bond acceptors (Lipinski definition) is 5. The van der Waals surface area contributed by atoms with Crippen LogP contribution < -0.4 is 0 Å². The third kappa shape index (κ3) is 2.19. The molecule has 0 unspecified atom stereocenters. The van der Waals surface area contributed by atoms with Crippen molar-refractivity contribution in [1.82, 2.24) is 9.97 Å². The van der Waals surface area contributed by atoms with E-state index in [0.29, 0.717) is 10.9 Å². The minimum Gasteiger partial charge on any atom is -0.411 e. The van der Waals surface area contributed by atoms with Gasteiger partial charge in [0.2, 0.25) is 0 Å². The van der Waals surface area contributed by atoms with Gasteiger partial charge in [-0.15, -0.1) is 0 Å². The van der Waals surface area contributed by atoms with E-state index in [0.717, 1.165) is 0 Å². The zero-order valence-corrected chi connectivity index (χ0v) is 6.75. The van der Waals surface area contributed by atoms with Crippen molar-refractivity contribution in [3.8, 4) is 0 Å². The number of thioether (sulfide) groups is 1. The van der Waals surface area contributed by atoms with Gasteiger partial charge in [-0.3, -0.25) is 0 Å². The van der Waals surface area contributed by atoms with E-state index in [9.17, 15) is 0 Å². The first-order valence-corrected chi connectivity index (χ1v) is 4.14. The first-order valence-electron chi connectivity index (χ1n) is 2.91. The van der Waals surface area contributed by atoms with E-state index < -0.39 is 0 Å². The minimum absolute atomic E-state index is 0.604. The van der Waals surface area contributed by atoms with E-state index in [1.165, 1.54) is 18.0 Å². The molecule has 58 valence electrons. The molecule has 0 aliphatic carbocycles. The van der Waals surface area contributed by atoms with Gasteiger partial charge in [-0.25, -0.2) is 9.97 Å². The summed E-state index contributed by atoms with van der Waals surface area (Å²) in [6.45, 7) is 0. The average molecular weight is 169 g/mol. The van der Waals surface area contributed by atoms with Crippen LogP contribution in [0.3, 0.4) is 0 Å². The van der Waals surface area contributed by atoms with Crippen molar-refractivity contribution in [3.63, 3.8) is 0 Å². The van der Waals surface area contributed by atoms with E-state index in [-0.39, 0.29) is 0 Å². The Balaban J connectivity index is 2.91. The Morgan fingerprint density at radius 1 is 1.73 bits per heavy atom. The number of rotatable bonds is 2. The van der Waals surface area contributed by atoms with Crippen LogP contribution in [-0.4, -0.2) is 27.6 Å². The van der Waals surface area contributed by atoms with Crippen LogP contribution >= 0.6 is 11.8 Å². The molecule has 1 aromatic rings. The van der Waals surface area contributed by atoms with E-state index in [2.05, 4.69) is 15.1 Å². The summed E-state index contributed by atoms with van der Waals surface area (Å²) in [7, 11) is 0. The molecule has 0 radical (unpaired) electrons. The van der Waals surface area contributed by atoms with Crippen molar-refractivity contribution in [1.29, 1.82) is 0 Å². The van der Waals surface area contributed by atoms with Crippen LogP contribution in [0.15, 0.2) is 22.6 Å². The molecule has 0 aliphatic heterocycles. The molecule has 0 bridgehead atoms. The Hall–Kier alpha value is -1.10. The van der Waals surface area contributed by atoms with Crippen LogP contribution in [0, 0.1) is 0 Å². The number of oxime groups is 1. The SMILES string of the molecule is CSc1nccc(/C=N/O)n1. The fourth-order valence-corrected chi connectivity index (χ4v) is 0.946. The molecule has 0 saturated carbocycles. The molecule has 0 spiro atoms. The number of hydrogen-bond donors (Lipinski definition) is 1. The lowest BCUT2D eigenvalue weighted by molar-refractivity contribution is 0.321. The van der Waals surface area contributed by atoms with Crippen LogP contribution in [0.4, 0.5) is 0 Å². The molecule has 1 aromatic heterocycles. The second-order valence-electron chi connectivity index (χ2n) is 1.71. The molecule has 1 N–H and O–H groups in total. The average Bonchev–Trinajstić information content (AvgIpc) is 2.06. The molecule has 1 heterocycles.